The molecule has 0 unspecified atom stereocenters. The van der Waals surface area contributed by atoms with Crippen molar-refractivity contribution in [1.82, 2.24) is 10.3 Å². The van der Waals surface area contributed by atoms with Crippen molar-refractivity contribution in [1.29, 1.82) is 0 Å². The topological polar surface area (TPSA) is 43.4 Å². The van der Waals surface area contributed by atoms with Crippen molar-refractivity contribution in [2.24, 2.45) is 5.92 Å². The molecular formula is C19H25FN2O2. The maximum Gasteiger partial charge on any atom is 0.160 e. The predicted molar refractivity (Wildman–Crippen MR) is 93.0 cm³/mol. The van der Waals surface area contributed by atoms with Crippen LogP contribution in [-0.2, 0) is 6.42 Å². The second-order valence-corrected chi connectivity index (χ2v) is 6.02. The Kier molecular flexibility index (Phi) is 6.55. The number of nitrogens with one attached hydrogen (secondary N) is 1. The van der Waals surface area contributed by atoms with Gasteiger partial charge in [-0.15, -0.1) is 0 Å². The molecule has 1 heterocycles. The third-order valence-corrected chi connectivity index (χ3v) is 3.96. The number of methoxy groups -OCH3 is 2. The first-order valence-electron chi connectivity index (χ1n) is 8.11. The largest absolute Gasteiger partial charge is 0.493 e. The molecule has 0 spiro atoms. The van der Waals surface area contributed by atoms with Crippen LogP contribution in [0, 0.1) is 11.7 Å². The maximum atomic E-state index is 13.1. The van der Waals surface area contributed by atoms with Crippen molar-refractivity contribution >= 4 is 0 Å². The summed E-state index contributed by atoms with van der Waals surface area (Å²) in [6.45, 7) is 5.04. The van der Waals surface area contributed by atoms with Gasteiger partial charge in [0.25, 0.3) is 0 Å². The highest BCUT2D eigenvalue weighted by Crippen LogP contribution is 2.27. The lowest BCUT2D eigenvalue weighted by Crippen LogP contribution is -2.28. The second-order valence-electron chi connectivity index (χ2n) is 6.02. The van der Waals surface area contributed by atoms with Gasteiger partial charge in [0, 0.05) is 0 Å². The summed E-state index contributed by atoms with van der Waals surface area (Å²) in [5.74, 6) is 1.50. The first-order valence-corrected chi connectivity index (χ1v) is 8.11. The molecule has 2 aromatic rings. The highest BCUT2D eigenvalue weighted by atomic mass is 19.1. The zero-order valence-electron chi connectivity index (χ0n) is 14.7. The van der Waals surface area contributed by atoms with E-state index in [1.807, 2.05) is 18.2 Å². The van der Waals surface area contributed by atoms with Gasteiger partial charge in [-0.05, 0) is 48.7 Å². The van der Waals surface area contributed by atoms with Crippen LogP contribution in [0.15, 0.2) is 36.5 Å². The van der Waals surface area contributed by atoms with Crippen molar-refractivity contribution in [3.63, 3.8) is 0 Å². The van der Waals surface area contributed by atoms with E-state index in [0.29, 0.717) is 5.92 Å². The van der Waals surface area contributed by atoms with Crippen molar-refractivity contribution in [3.05, 3.63) is 53.6 Å². The van der Waals surface area contributed by atoms with E-state index >= 15 is 0 Å². The fourth-order valence-corrected chi connectivity index (χ4v) is 2.66. The number of halogens is 1. The van der Waals surface area contributed by atoms with E-state index in [1.165, 1.54) is 12.3 Å². The standard InChI is InChI=1S/C19H25FN2O2/c1-13(2)19(16-7-6-15(20)12-22-16)21-10-9-14-5-8-17(23-3)18(11-14)24-4/h5-8,11-13,19,21H,9-10H2,1-4H3/t19-/m1/s1. The normalized spacial score (nSPS) is 12.2. The Morgan fingerprint density at radius 3 is 2.42 bits per heavy atom. The minimum atomic E-state index is -0.313. The molecule has 0 amide bonds. The Balaban J connectivity index is 1.99. The predicted octanol–water partition coefficient (Wildman–Crippen LogP) is 3.77. The minimum absolute atomic E-state index is 0.0887. The zero-order chi connectivity index (χ0) is 17.5. The van der Waals surface area contributed by atoms with E-state index in [1.54, 1.807) is 20.3 Å². The minimum Gasteiger partial charge on any atom is -0.493 e. The lowest BCUT2D eigenvalue weighted by molar-refractivity contribution is 0.354. The number of pyridine rings is 1. The Morgan fingerprint density at radius 2 is 1.83 bits per heavy atom. The molecule has 1 aromatic heterocycles. The molecule has 0 bridgehead atoms. The summed E-state index contributed by atoms with van der Waals surface area (Å²) in [5, 5.41) is 3.51. The van der Waals surface area contributed by atoms with Gasteiger partial charge in [-0.3, -0.25) is 4.98 Å². The van der Waals surface area contributed by atoms with Gasteiger partial charge in [0.15, 0.2) is 11.5 Å². The average Bonchev–Trinajstić information content (AvgIpc) is 2.59. The number of hydrogen-bond donors (Lipinski definition) is 1. The molecule has 0 radical (unpaired) electrons. The van der Waals surface area contributed by atoms with Gasteiger partial charge in [0.05, 0.1) is 32.2 Å². The molecule has 5 heteroatoms. The monoisotopic (exact) mass is 332 g/mol. The van der Waals surface area contributed by atoms with Gasteiger partial charge in [-0.1, -0.05) is 19.9 Å². The van der Waals surface area contributed by atoms with Crippen LogP contribution in [0.1, 0.15) is 31.1 Å². The number of ether oxygens (including phenoxy) is 2. The summed E-state index contributed by atoms with van der Waals surface area (Å²) in [4.78, 5) is 4.20. The van der Waals surface area contributed by atoms with Crippen LogP contribution in [-0.4, -0.2) is 25.7 Å². The summed E-state index contributed by atoms with van der Waals surface area (Å²) >= 11 is 0. The van der Waals surface area contributed by atoms with E-state index in [0.717, 1.165) is 35.7 Å². The molecule has 1 atom stereocenters. The van der Waals surface area contributed by atoms with Gasteiger partial charge in [0.2, 0.25) is 0 Å². The molecule has 0 fully saturated rings. The van der Waals surface area contributed by atoms with E-state index < -0.39 is 0 Å². The maximum absolute atomic E-state index is 13.1. The van der Waals surface area contributed by atoms with Crippen LogP contribution in [0.2, 0.25) is 0 Å². The molecule has 0 saturated carbocycles. The molecule has 24 heavy (non-hydrogen) atoms. The van der Waals surface area contributed by atoms with Crippen LogP contribution >= 0.6 is 0 Å². The number of nitrogens with zero attached hydrogens (tertiary/aromatic N) is 1. The Bertz CT molecular complexity index is 644. The van der Waals surface area contributed by atoms with Crippen molar-refractivity contribution in [2.45, 2.75) is 26.3 Å². The highest BCUT2D eigenvalue weighted by molar-refractivity contribution is 5.42. The van der Waals surface area contributed by atoms with E-state index in [4.69, 9.17) is 9.47 Å². The third-order valence-electron chi connectivity index (χ3n) is 3.96. The summed E-state index contributed by atoms with van der Waals surface area (Å²) in [6, 6.07) is 9.21. The summed E-state index contributed by atoms with van der Waals surface area (Å²) in [7, 11) is 3.26. The van der Waals surface area contributed by atoms with Crippen LogP contribution in [0.25, 0.3) is 0 Å². The van der Waals surface area contributed by atoms with Crippen LogP contribution < -0.4 is 14.8 Å². The van der Waals surface area contributed by atoms with Crippen LogP contribution in [0.4, 0.5) is 4.39 Å². The molecule has 130 valence electrons. The lowest BCUT2D eigenvalue weighted by Gasteiger charge is -2.22. The van der Waals surface area contributed by atoms with Crippen molar-refractivity contribution in [3.8, 4) is 11.5 Å². The fourth-order valence-electron chi connectivity index (χ4n) is 2.66. The number of benzene rings is 1. The Morgan fingerprint density at radius 1 is 1.08 bits per heavy atom. The third kappa shape index (κ3) is 4.68. The molecule has 0 aliphatic rings. The lowest BCUT2D eigenvalue weighted by atomic mass is 10.00. The SMILES string of the molecule is COc1ccc(CCN[C@@H](c2ccc(F)cn2)C(C)C)cc1OC. The Hall–Kier alpha value is -2.14. The van der Waals surface area contributed by atoms with Gasteiger partial charge >= 0.3 is 0 Å². The molecule has 0 aliphatic heterocycles. The smallest absolute Gasteiger partial charge is 0.160 e. The Labute approximate surface area is 143 Å². The van der Waals surface area contributed by atoms with E-state index in [-0.39, 0.29) is 11.9 Å². The van der Waals surface area contributed by atoms with Gasteiger partial charge in [0.1, 0.15) is 5.82 Å². The first-order chi connectivity index (χ1) is 11.5. The number of aromatic nitrogens is 1. The average molecular weight is 332 g/mol. The molecule has 0 saturated heterocycles. The van der Waals surface area contributed by atoms with Crippen molar-refractivity contribution < 1.29 is 13.9 Å². The summed E-state index contributed by atoms with van der Waals surface area (Å²) < 4.78 is 23.6. The molecular weight excluding hydrogens is 307 g/mol. The molecule has 2 rings (SSSR count). The quantitative estimate of drug-likeness (QED) is 0.799. The molecule has 0 aliphatic carbocycles. The number of rotatable bonds is 8. The number of hydrogen-bond acceptors (Lipinski definition) is 4. The van der Waals surface area contributed by atoms with E-state index in [9.17, 15) is 4.39 Å². The summed E-state index contributed by atoms with van der Waals surface area (Å²) in [6.07, 6.45) is 2.12. The molecule has 4 nitrogen and oxygen atoms in total. The fraction of sp³-hybridized carbons (Fsp3) is 0.421. The van der Waals surface area contributed by atoms with E-state index in [2.05, 4.69) is 24.1 Å². The van der Waals surface area contributed by atoms with Crippen LogP contribution in [0.3, 0.4) is 0 Å². The first kappa shape index (κ1) is 18.2. The summed E-state index contributed by atoms with van der Waals surface area (Å²) in [5.41, 5.74) is 2.02. The van der Waals surface area contributed by atoms with Gasteiger partial charge < -0.3 is 14.8 Å². The molecule has 1 aromatic carbocycles. The molecule has 1 N–H and O–H groups in total. The van der Waals surface area contributed by atoms with Crippen LogP contribution in [0.5, 0.6) is 11.5 Å². The highest BCUT2D eigenvalue weighted by Gasteiger charge is 2.16. The zero-order valence-corrected chi connectivity index (χ0v) is 14.7. The van der Waals surface area contributed by atoms with Gasteiger partial charge in [-0.2, -0.15) is 0 Å². The van der Waals surface area contributed by atoms with Gasteiger partial charge in [-0.25, -0.2) is 4.39 Å². The van der Waals surface area contributed by atoms with Crippen molar-refractivity contribution in [2.75, 3.05) is 20.8 Å². The second kappa shape index (κ2) is 8.64.